The van der Waals surface area contributed by atoms with E-state index in [0.29, 0.717) is 26.3 Å². The first-order valence-corrected chi connectivity index (χ1v) is 14.0. The van der Waals surface area contributed by atoms with Crippen molar-refractivity contribution in [1.82, 2.24) is 10.4 Å². The van der Waals surface area contributed by atoms with Crippen molar-refractivity contribution in [3.63, 3.8) is 0 Å². The molecule has 0 atom stereocenters. The number of carbonyl (C=O) groups is 3. The number of aromatic amines is 1. The molecule has 4 aromatic carbocycles. The molecular formula is C32H23BrClN3O6. The van der Waals surface area contributed by atoms with E-state index in [2.05, 4.69) is 31.4 Å². The van der Waals surface area contributed by atoms with Gasteiger partial charge in [0.2, 0.25) is 0 Å². The number of aromatic nitrogens is 1. The first-order chi connectivity index (χ1) is 20.7. The van der Waals surface area contributed by atoms with Crippen LogP contribution in [0.5, 0.6) is 17.2 Å². The van der Waals surface area contributed by atoms with E-state index in [9.17, 15) is 14.4 Å². The van der Waals surface area contributed by atoms with Crippen LogP contribution in [0, 0.1) is 0 Å². The molecule has 0 fully saturated rings. The molecule has 0 aliphatic carbocycles. The van der Waals surface area contributed by atoms with Crippen molar-refractivity contribution in [1.29, 1.82) is 0 Å². The summed E-state index contributed by atoms with van der Waals surface area (Å²) >= 11 is 9.67. The Morgan fingerprint density at radius 3 is 2.42 bits per heavy atom. The van der Waals surface area contributed by atoms with Gasteiger partial charge in [-0.1, -0.05) is 57.9 Å². The maximum atomic E-state index is 13.3. The van der Waals surface area contributed by atoms with Crippen LogP contribution in [0.4, 0.5) is 0 Å². The molecule has 216 valence electrons. The largest absolute Gasteiger partial charge is 0.493 e. The molecule has 5 aromatic rings. The van der Waals surface area contributed by atoms with Gasteiger partial charge in [-0.25, -0.2) is 10.2 Å². The Kier molecular flexibility index (Phi) is 8.89. The third-order valence-electron chi connectivity index (χ3n) is 6.25. The van der Waals surface area contributed by atoms with E-state index in [1.54, 1.807) is 30.3 Å². The van der Waals surface area contributed by atoms with Crippen LogP contribution >= 0.6 is 27.5 Å². The van der Waals surface area contributed by atoms with E-state index in [0.717, 1.165) is 16.5 Å². The number of amides is 1. The van der Waals surface area contributed by atoms with Gasteiger partial charge in [-0.2, -0.15) is 5.10 Å². The number of hydrazone groups is 1. The van der Waals surface area contributed by atoms with Crippen molar-refractivity contribution >= 4 is 62.5 Å². The van der Waals surface area contributed by atoms with Crippen molar-refractivity contribution in [3.05, 3.63) is 111 Å². The molecule has 5 rings (SSSR count). The zero-order chi connectivity index (χ0) is 30.5. The number of nitrogens with zero attached hydrogens (tertiary/aromatic N) is 1. The number of fused-ring (bicyclic) bond motifs is 1. The number of H-pyrrole nitrogens is 1. The van der Waals surface area contributed by atoms with Crippen LogP contribution in [-0.2, 0) is 4.79 Å². The van der Waals surface area contributed by atoms with Crippen LogP contribution in [0.1, 0.15) is 33.3 Å². The van der Waals surface area contributed by atoms with Crippen LogP contribution < -0.4 is 19.6 Å². The first kappa shape index (κ1) is 29.6. The SMILES string of the molecule is COc1cc(C(=O)Oc2ccc(Br)cc2C=NNC(=O)c2[nH]c3ccc(Cl)cc3c2-c2ccccc2)ccc1OC(C)=O. The van der Waals surface area contributed by atoms with E-state index in [-0.39, 0.29) is 22.8 Å². The summed E-state index contributed by atoms with van der Waals surface area (Å²) in [5.41, 5.74) is 5.72. The van der Waals surface area contributed by atoms with Crippen molar-refractivity contribution in [2.24, 2.45) is 5.10 Å². The maximum absolute atomic E-state index is 13.3. The average Bonchev–Trinajstić information content (AvgIpc) is 3.37. The van der Waals surface area contributed by atoms with Crippen molar-refractivity contribution in [2.45, 2.75) is 6.92 Å². The highest BCUT2D eigenvalue weighted by Gasteiger charge is 2.20. The van der Waals surface area contributed by atoms with Gasteiger partial charge in [-0.3, -0.25) is 9.59 Å². The van der Waals surface area contributed by atoms with E-state index >= 15 is 0 Å². The summed E-state index contributed by atoms with van der Waals surface area (Å²) in [6.07, 6.45) is 1.37. The van der Waals surface area contributed by atoms with Gasteiger partial charge < -0.3 is 19.2 Å². The fraction of sp³-hybridized carbons (Fsp3) is 0.0625. The minimum absolute atomic E-state index is 0.166. The summed E-state index contributed by atoms with van der Waals surface area (Å²) in [4.78, 5) is 40.8. The predicted molar refractivity (Wildman–Crippen MR) is 167 cm³/mol. The fourth-order valence-electron chi connectivity index (χ4n) is 4.36. The summed E-state index contributed by atoms with van der Waals surface area (Å²) in [6.45, 7) is 1.26. The Labute approximate surface area is 259 Å². The third kappa shape index (κ3) is 6.77. The summed E-state index contributed by atoms with van der Waals surface area (Å²) in [7, 11) is 1.39. The number of ether oxygens (including phenoxy) is 3. The monoisotopic (exact) mass is 659 g/mol. The first-order valence-electron chi connectivity index (χ1n) is 12.8. The topological polar surface area (TPSA) is 119 Å². The van der Waals surface area contributed by atoms with Gasteiger partial charge in [0, 0.05) is 38.4 Å². The normalized spacial score (nSPS) is 11.0. The van der Waals surface area contributed by atoms with Crippen LogP contribution in [0.15, 0.2) is 94.5 Å². The van der Waals surface area contributed by atoms with E-state index < -0.39 is 17.8 Å². The number of rotatable bonds is 8. The number of hydrogen-bond acceptors (Lipinski definition) is 7. The quantitative estimate of drug-likeness (QED) is 0.0789. The van der Waals surface area contributed by atoms with Gasteiger partial charge in [0.15, 0.2) is 11.5 Å². The maximum Gasteiger partial charge on any atom is 0.343 e. The van der Waals surface area contributed by atoms with Crippen molar-refractivity contribution in [3.8, 4) is 28.4 Å². The van der Waals surface area contributed by atoms with Gasteiger partial charge in [-0.05, 0) is 60.2 Å². The minimum atomic E-state index is -0.682. The third-order valence-corrected chi connectivity index (χ3v) is 6.98. The molecular weight excluding hydrogens is 638 g/mol. The second-order valence-electron chi connectivity index (χ2n) is 9.16. The van der Waals surface area contributed by atoms with E-state index in [4.69, 9.17) is 25.8 Å². The minimum Gasteiger partial charge on any atom is -0.493 e. The molecule has 0 unspecified atom stereocenters. The van der Waals surface area contributed by atoms with E-state index in [1.807, 2.05) is 36.4 Å². The standard InChI is InChI=1S/C32H23BrClN3O6/c1-18(38)42-27-12-8-20(15-28(27)41-2)32(40)43-26-13-9-22(33)14-21(26)17-35-37-31(39)30-29(19-6-4-3-5-7-19)24-16-23(34)10-11-25(24)36-30/h3-17,36H,1-2H3,(H,37,39). The molecule has 43 heavy (non-hydrogen) atoms. The number of halogens is 2. The zero-order valence-electron chi connectivity index (χ0n) is 22.8. The molecule has 1 aromatic heterocycles. The fourth-order valence-corrected chi connectivity index (χ4v) is 4.91. The van der Waals surface area contributed by atoms with Gasteiger partial charge in [0.1, 0.15) is 11.4 Å². The molecule has 9 nitrogen and oxygen atoms in total. The van der Waals surface area contributed by atoms with Gasteiger partial charge in [0.05, 0.1) is 18.9 Å². The molecule has 2 N–H and O–H groups in total. The van der Waals surface area contributed by atoms with Crippen LogP contribution in [-0.4, -0.2) is 36.2 Å². The number of benzene rings is 4. The number of esters is 2. The molecule has 0 saturated carbocycles. The molecule has 0 aliphatic heterocycles. The summed E-state index contributed by atoms with van der Waals surface area (Å²) in [5.74, 6) is -1.12. The molecule has 0 radical (unpaired) electrons. The lowest BCUT2D eigenvalue weighted by Gasteiger charge is -2.11. The lowest BCUT2D eigenvalue weighted by atomic mass is 10.0. The Hall–Kier alpha value is -4.93. The predicted octanol–water partition coefficient (Wildman–Crippen LogP) is 7.17. The second-order valence-corrected chi connectivity index (χ2v) is 10.5. The van der Waals surface area contributed by atoms with Crippen LogP contribution in [0.3, 0.4) is 0 Å². The van der Waals surface area contributed by atoms with Gasteiger partial charge >= 0.3 is 11.9 Å². The van der Waals surface area contributed by atoms with Crippen molar-refractivity contribution < 1.29 is 28.6 Å². The molecule has 0 bridgehead atoms. The van der Waals surface area contributed by atoms with Gasteiger partial charge in [-0.15, -0.1) is 0 Å². The highest BCUT2D eigenvalue weighted by atomic mass is 79.9. The van der Waals surface area contributed by atoms with Crippen molar-refractivity contribution in [2.75, 3.05) is 7.11 Å². The average molecular weight is 661 g/mol. The van der Waals surface area contributed by atoms with E-state index in [1.165, 1.54) is 38.4 Å². The lowest BCUT2D eigenvalue weighted by Crippen LogP contribution is -2.19. The Morgan fingerprint density at radius 2 is 1.67 bits per heavy atom. The molecule has 0 saturated heterocycles. The van der Waals surface area contributed by atoms with Crippen LogP contribution in [0.25, 0.3) is 22.0 Å². The molecule has 1 heterocycles. The smallest absolute Gasteiger partial charge is 0.343 e. The van der Waals surface area contributed by atoms with Crippen LogP contribution in [0.2, 0.25) is 5.02 Å². The Balaban J connectivity index is 1.38. The molecule has 0 aliphatic rings. The number of carbonyl (C=O) groups excluding carboxylic acids is 3. The summed E-state index contributed by atoms with van der Waals surface area (Å²) in [6, 6.07) is 24.1. The Bertz CT molecular complexity index is 1890. The molecule has 1 amide bonds. The molecule has 0 spiro atoms. The second kappa shape index (κ2) is 12.9. The molecule has 11 heteroatoms. The number of methoxy groups -OCH3 is 1. The highest BCUT2D eigenvalue weighted by molar-refractivity contribution is 9.10. The zero-order valence-corrected chi connectivity index (χ0v) is 25.2. The Morgan fingerprint density at radius 1 is 0.907 bits per heavy atom. The highest BCUT2D eigenvalue weighted by Crippen LogP contribution is 2.34. The summed E-state index contributed by atoms with van der Waals surface area (Å²) < 4.78 is 16.7. The lowest BCUT2D eigenvalue weighted by molar-refractivity contribution is -0.132. The van der Waals surface area contributed by atoms with Gasteiger partial charge in [0.25, 0.3) is 5.91 Å². The number of nitrogens with one attached hydrogen (secondary N) is 2. The number of hydrogen-bond donors (Lipinski definition) is 2. The summed E-state index contributed by atoms with van der Waals surface area (Å²) in [5, 5.41) is 5.48.